The summed E-state index contributed by atoms with van der Waals surface area (Å²) in [6, 6.07) is 13.9. The largest absolute Gasteiger partial charge is 0.497 e. The minimum atomic E-state index is -0.00796. The number of ether oxygens (including phenoxy) is 1. The fourth-order valence-corrected chi connectivity index (χ4v) is 3.11. The zero-order valence-electron chi connectivity index (χ0n) is 11.7. The van der Waals surface area contributed by atoms with Crippen molar-refractivity contribution in [1.82, 2.24) is 4.98 Å². The quantitative estimate of drug-likeness (QED) is 0.742. The maximum atomic E-state index is 12.8. The second kappa shape index (κ2) is 4.48. The van der Waals surface area contributed by atoms with Crippen LogP contribution in [0.25, 0.3) is 10.9 Å². The molecule has 104 valence electrons. The average Bonchev–Trinajstić information content (AvgIpc) is 2.91. The van der Waals surface area contributed by atoms with E-state index in [1.54, 1.807) is 7.11 Å². The number of H-pyrrole nitrogens is 1. The summed E-state index contributed by atoms with van der Waals surface area (Å²) in [5, 5.41) is 0.934. The minimum Gasteiger partial charge on any atom is -0.497 e. The second-order valence-corrected chi connectivity index (χ2v) is 5.43. The van der Waals surface area contributed by atoms with E-state index in [0.717, 1.165) is 28.6 Å². The van der Waals surface area contributed by atoms with Crippen LogP contribution in [0.15, 0.2) is 48.7 Å². The Balaban J connectivity index is 1.76. The van der Waals surface area contributed by atoms with Gasteiger partial charge >= 0.3 is 0 Å². The standard InChI is InChI=1S/C18H15NO2/c1-21-12-6-7-17-14(9-12)16(10-19-17)18(20)15-8-11-4-2-3-5-13(11)15/h2-7,9-10,15,19H,8H2,1H3. The van der Waals surface area contributed by atoms with E-state index in [1.165, 1.54) is 11.1 Å². The SMILES string of the molecule is COc1ccc2[nH]cc(C(=O)C3Cc4ccccc43)c2c1. The molecule has 0 aliphatic heterocycles. The molecule has 1 N–H and O–H groups in total. The number of hydrogen-bond acceptors (Lipinski definition) is 2. The van der Waals surface area contributed by atoms with Crippen LogP contribution in [0.2, 0.25) is 0 Å². The van der Waals surface area contributed by atoms with Crippen LogP contribution in [0.1, 0.15) is 27.4 Å². The molecule has 3 heteroatoms. The summed E-state index contributed by atoms with van der Waals surface area (Å²) in [7, 11) is 1.64. The van der Waals surface area contributed by atoms with E-state index in [9.17, 15) is 4.79 Å². The average molecular weight is 277 g/mol. The molecule has 1 aliphatic carbocycles. The first kappa shape index (κ1) is 12.2. The van der Waals surface area contributed by atoms with Gasteiger partial charge in [-0.2, -0.15) is 0 Å². The van der Waals surface area contributed by atoms with Crippen molar-refractivity contribution in [2.24, 2.45) is 0 Å². The van der Waals surface area contributed by atoms with Gasteiger partial charge < -0.3 is 9.72 Å². The molecule has 1 heterocycles. The van der Waals surface area contributed by atoms with Crippen molar-refractivity contribution in [2.45, 2.75) is 12.3 Å². The van der Waals surface area contributed by atoms with Gasteiger partial charge in [-0.25, -0.2) is 0 Å². The summed E-state index contributed by atoms with van der Waals surface area (Å²) < 4.78 is 5.26. The summed E-state index contributed by atoms with van der Waals surface area (Å²) in [6.07, 6.45) is 2.65. The number of carbonyl (C=O) groups is 1. The summed E-state index contributed by atoms with van der Waals surface area (Å²) in [6.45, 7) is 0. The molecule has 0 radical (unpaired) electrons. The number of aromatic nitrogens is 1. The lowest BCUT2D eigenvalue weighted by Gasteiger charge is -2.28. The molecule has 0 bridgehead atoms. The summed E-state index contributed by atoms with van der Waals surface area (Å²) in [5.74, 6) is 0.949. The van der Waals surface area contributed by atoms with Crippen molar-refractivity contribution in [2.75, 3.05) is 7.11 Å². The highest BCUT2D eigenvalue weighted by Gasteiger charge is 2.33. The lowest BCUT2D eigenvalue weighted by molar-refractivity contribution is 0.0950. The number of aromatic amines is 1. The fourth-order valence-electron chi connectivity index (χ4n) is 3.11. The number of fused-ring (bicyclic) bond motifs is 2. The first-order valence-electron chi connectivity index (χ1n) is 7.05. The highest BCUT2D eigenvalue weighted by Crippen LogP contribution is 2.38. The zero-order valence-corrected chi connectivity index (χ0v) is 11.7. The number of carbonyl (C=O) groups excluding carboxylic acids is 1. The normalized spacial score (nSPS) is 16.3. The third kappa shape index (κ3) is 1.77. The Morgan fingerprint density at radius 3 is 2.90 bits per heavy atom. The van der Waals surface area contributed by atoms with Gasteiger partial charge in [-0.05, 0) is 35.7 Å². The van der Waals surface area contributed by atoms with Crippen LogP contribution < -0.4 is 4.74 Å². The Kier molecular flexibility index (Phi) is 2.61. The summed E-state index contributed by atoms with van der Waals surface area (Å²) in [4.78, 5) is 16.0. The molecule has 1 aromatic heterocycles. The molecular formula is C18H15NO2. The Morgan fingerprint density at radius 2 is 2.10 bits per heavy atom. The smallest absolute Gasteiger partial charge is 0.172 e. The maximum Gasteiger partial charge on any atom is 0.172 e. The molecule has 2 aromatic carbocycles. The molecule has 1 unspecified atom stereocenters. The van der Waals surface area contributed by atoms with E-state index in [1.807, 2.05) is 36.5 Å². The summed E-state index contributed by atoms with van der Waals surface area (Å²) >= 11 is 0. The predicted octanol–water partition coefficient (Wildman–Crippen LogP) is 3.70. The van der Waals surface area contributed by atoms with E-state index in [4.69, 9.17) is 4.74 Å². The lowest BCUT2D eigenvalue weighted by atomic mass is 9.74. The Hall–Kier alpha value is -2.55. The van der Waals surface area contributed by atoms with Crippen molar-refractivity contribution in [1.29, 1.82) is 0 Å². The van der Waals surface area contributed by atoms with E-state index in [0.29, 0.717) is 0 Å². The van der Waals surface area contributed by atoms with Gasteiger partial charge in [0.1, 0.15) is 5.75 Å². The van der Waals surface area contributed by atoms with Gasteiger partial charge in [-0.3, -0.25) is 4.79 Å². The molecule has 4 rings (SSSR count). The number of Topliss-reactive ketones (excluding diaryl/α,β-unsaturated/α-hetero) is 1. The van der Waals surface area contributed by atoms with E-state index < -0.39 is 0 Å². The van der Waals surface area contributed by atoms with Crippen LogP contribution in [0.3, 0.4) is 0 Å². The number of rotatable bonds is 3. The molecule has 3 nitrogen and oxygen atoms in total. The van der Waals surface area contributed by atoms with Gasteiger partial charge in [0, 0.05) is 22.7 Å². The van der Waals surface area contributed by atoms with Gasteiger partial charge in [-0.15, -0.1) is 0 Å². The van der Waals surface area contributed by atoms with Gasteiger partial charge in [0.2, 0.25) is 0 Å². The molecule has 1 atom stereocenters. The second-order valence-electron chi connectivity index (χ2n) is 5.43. The summed E-state index contributed by atoms with van der Waals surface area (Å²) in [5.41, 5.74) is 4.17. The van der Waals surface area contributed by atoms with Crippen molar-refractivity contribution < 1.29 is 9.53 Å². The van der Waals surface area contributed by atoms with Crippen LogP contribution in [0.5, 0.6) is 5.75 Å². The van der Waals surface area contributed by atoms with Crippen LogP contribution in [0.4, 0.5) is 0 Å². The van der Waals surface area contributed by atoms with Crippen molar-refractivity contribution in [3.63, 3.8) is 0 Å². The van der Waals surface area contributed by atoms with Crippen LogP contribution in [-0.2, 0) is 6.42 Å². The Morgan fingerprint density at radius 1 is 1.24 bits per heavy atom. The highest BCUT2D eigenvalue weighted by atomic mass is 16.5. The molecule has 1 aliphatic rings. The lowest BCUT2D eigenvalue weighted by Crippen LogP contribution is -2.25. The Labute approximate surface area is 122 Å². The number of nitrogens with one attached hydrogen (secondary N) is 1. The predicted molar refractivity (Wildman–Crippen MR) is 82.1 cm³/mol. The van der Waals surface area contributed by atoms with Crippen LogP contribution >= 0.6 is 0 Å². The fraction of sp³-hybridized carbons (Fsp3) is 0.167. The molecule has 0 fully saturated rings. The molecule has 0 saturated heterocycles. The van der Waals surface area contributed by atoms with Crippen molar-refractivity contribution in [3.05, 3.63) is 65.4 Å². The molecule has 21 heavy (non-hydrogen) atoms. The number of hydrogen-bond donors (Lipinski definition) is 1. The Bertz CT molecular complexity index is 847. The highest BCUT2D eigenvalue weighted by molar-refractivity contribution is 6.11. The van der Waals surface area contributed by atoms with Gasteiger partial charge in [0.05, 0.1) is 13.0 Å². The number of benzene rings is 2. The van der Waals surface area contributed by atoms with Crippen LogP contribution in [0, 0.1) is 0 Å². The van der Waals surface area contributed by atoms with E-state index in [2.05, 4.69) is 17.1 Å². The zero-order chi connectivity index (χ0) is 14.4. The molecule has 0 saturated carbocycles. The van der Waals surface area contributed by atoms with Gasteiger partial charge in [-0.1, -0.05) is 24.3 Å². The molecule has 3 aromatic rings. The topological polar surface area (TPSA) is 42.1 Å². The third-order valence-corrected chi connectivity index (χ3v) is 4.33. The maximum absolute atomic E-state index is 12.8. The third-order valence-electron chi connectivity index (χ3n) is 4.33. The van der Waals surface area contributed by atoms with E-state index in [-0.39, 0.29) is 11.7 Å². The van der Waals surface area contributed by atoms with E-state index >= 15 is 0 Å². The van der Waals surface area contributed by atoms with Crippen molar-refractivity contribution >= 4 is 16.7 Å². The monoisotopic (exact) mass is 277 g/mol. The molecular weight excluding hydrogens is 262 g/mol. The molecule has 0 amide bonds. The number of ketones is 1. The molecule has 0 spiro atoms. The van der Waals surface area contributed by atoms with Gasteiger partial charge in [0.25, 0.3) is 0 Å². The van der Waals surface area contributed by atoms with Crippen molar-refractivity contribution in [3.8, 4) is 5.75 Å². The van der Waals surface area contributed by atoms with Crippen LogP contribution in [-0.4, -0.2) is 17.9 Å². The van der Waals surface area contributed by atoms with Gasteiger partial charge in [0.15, 0.2) is 5.78 Å². The first-order chi connectivity index (χ1) is 10.3. The number of methoxy groups -OCH3 is 1. The first-order valence-corrected chi connectivity index (χ1v) is 7.05. The minimum absolute atomic E-state index is 0.00796.